The largest absolute Gasteiger partial charge is 0.349 e. The van der Waals surface area contributed by atoms with E-state index in [9.17, 15) is 9.59 Å². The van der Waals surface area contributed by atoms with Gasteiger partial charge in [-0.05, 0) is 61.7 Å². The van der Waals surface area contributed by atoms with Gasteiger partial charge in [0.15, 0.2) is 0 Å². The number of anilines is 1. The number of amides is 2. The smallest absolute Gasteiger partial charge is 0.251 e. The molecule has 2 heterocycles. The van der Waals surface area contributed by atoms with E-state index in [4.69, 9.17) is 0 Å². The highest BCUT2D eigenvalue weighted by Crippen LogP contribution is 2.14. The molecule has 31 heavy (non-hydrogen) atoms. The lowest BCUT2D eigenvalue weighted by Crippen LogP contribution is -2.46. The van der Waals surface area contributed by atoms with E-state index in [-0.39, 0.29) is 17.9 Å². The normalized spacial score (nSPS) is 14.9. The van der Waals surface area contributed by atoms with Crippen molar-refractivity contribution in [3.05, 3.63) is 78.1 Å². The van der Waals surface area contributed by atoms with Crippen molar-refractivity contribution in [2.24, 2.45) is 0 Å². The number of rotatable bonds is 6. The van der Waals surface area contributed by atoms with Gasteiger partial charge >= 0.3 is 0 Å². The topological polar surface area (TPSA) is 79.3 Å². The average Bonchev–Trinajstić information content (AvgIpc) is 3.22. The molecule has 0 unspecified atom stereocenters. The van der Waals surface area contributed by atoms with Crippen LogP contribution in [0.4, 0.5) is 5.69 Å². The fourth-order valence-corrected chi connectivity index (χ4v) is 3.75. The summed E-state index contributed by atoms with van der Waals surface area (Å²) in [5.74, 6) is -0.0791. The molecule has 1 aliphatic rings. The van der Waals surface area contributed by atoms with E-state index in [0.717, 1.165) is 42.9 Å². The van der Waals surface area contributed by atoms with Crippen LogP contribution in [0.1, 0.15) is 28.8 Å². The predicted octanol–water partition coefficient (Wildman–Crippen LogP) is 3.01. The summed E-state index contributed by atoms with van der Waals surface area (Å²) < 4.78 is 1.79. The van der Waals surface area contributed by atoms with Crippen LogP contribution in [0.3, 0.4) is 0 Å². The zero-order chi connectivity index (χ0) is 21.6. The predicted molar refractivity (Wildman–Crippen MR) is 120 cm³/mol. The molecule has 7 nitrogen and oxygen atoms in total. The third-order valence-electron chi connectivity index (χ3n) is 5.45. The second-order valence-electron chi connectivity index (χ2n) is 7.95. The Hall–Kier alpha value is -3.45. The number of carbonyl (C=O) groups excluding carboxylic acids is 2. The van der Waals surface area contributed by atoms with E-state index >= 15 is 0 Å². The second kappa shape index (κ2) is 9.57. The van der Waals surface area contributed by atoms with Crippen LogP contribution in [0.15, 0.2) is 67.0 Å². The van der Waals surface area contributed by atoms with Crippen molar-refractivity contribution in [1.29, 1.82) is 0 Å². The minimum absolute atomic E-state index is 0.0128. The lowest BCUT2D eigenvalue weighted by molar-refractivity contribution is -0.117. The molecule has 1 fully saturated rings. The maximum atomic E-state index is 12.6. The van der Waals surface area contributed by atoms with Gasteiger partial charge in [0.05, 0.1) is 18.4 Å². The second-order valence-corrected chi connectivity index (χ2v) is 7.95. The summed E-state index contributed by atoms with van der Waals surface area (Å²) >= 11 is 0. The fraction of sp³-hybridized carbons (Fsp3) is 0.292. The van der Waals surface area contributed by atoms with Crippen molar-refractivity contribution in [2.75, 3.05) is 25.0 Å². The summed E-state index contributed by atoms with van der Waals surface area (Å²) in [6.07, 6.45) is 5.41. The molecular weight excluding hydrogens is 390 g/mol. The Balaban J connectivity index is 1.23. The number of likely N-dealkylation sites (tertiary alicyclic amines) is 1. The number of para-hydroxylation sites is 1. The minimum Gasteiger partial charge on any atom is -0.349 e. The molecule has 0 bridgehead atoms. The van der Waals surface area contributed by atoms with Crippen LogP contribution in [-0.2, 0) is 4.79 Å². The van der Waals surface area contributed by atoms with Gasteiger partial charge in [0.2, 0.25) is 5.91 Å². The van der Waals surface area contributed by atoms with Crippen LogP contribution < -0.4 is 10.6 Å². The average molecular weight is 418 g/mol. The van der Waals surface area contributed by atoms with E-state index in [0.29, 0.717) is 12.1 Å². The Labute approximate surface area is 182 Å². The van der Waals surface area contributed by atoms with Crippen LogP contribution in [0.25, 0.3) is 5.69 Å². The molecule has 0 spiro atoms. The van der Waals surface area contributed by atoms with Gasteiger partial charge in [-0.15, -0.1) is 0 Å². The fourth-order valence-electron chi connectivity index (χ4n) is 3.75. The Morgan fingerprint density at radius 3 is 2.39 bits per heavy atom. The van der Waals surface area contributed by atoms with E-state index in [1.54, 1.807) is 10.9 Å². The van der Waals surface area contributed by atoms with Crippen LogP contribution in [-0.4, -0.2) is 52.2 Å². The molecule has 0 aliphatic carbocycles. The van der Waals surface area contributed by atoms with Crippen molar-refractivity contribution in [2.45, 2.75) is 25.8 Å². The van der Waals surface area contributed by atoms with Gasteiger partial charge in [-0.1, -0.05) is 18.2 Å². The van der Waals surface area contributed by atoms with E-state index in [1.807, 2.05) is 67.7 Å². The van der Waals surface area contributed by atoms with Crippen molar-refractivity contribution in [3.63, 3.8) is 0 Å². The van der Waals surface area contributed by atoms with Gasteiger partial charge in [0.1, 0.15) is 0 Å². The number of hydrogen-bond acceptors (Lipinski definition) is 4. The number of benzene rings is 2. The minimum atomic E-state index is -0.0662. The highest BCUT2D eigenvalue weighted by atomic mass is 16.2. The molecule has 2 amide bonds. The van der Waals surface area contributed by atoms with Gasteiger partial charge in [0, 0.05) is 36.6 Å². The summed E-state index contributed by atoms with van der Waals surface area (Å²) in [7, 11) is 0. The van der Waals surface area contributed by atoms with E-state index in [2.05, 4.69) is 20.6 Å². The molecule has 1 saturated heterocycles. The summed E-state index contributed by atoms with van der Waals surface area (Å²) in [5, 5.41) is 10.3. The maximum Gasteiger partial charge on any atom is 0.251 e. The number of carbonyl (C=O) groups is 2. The van der Waals surface area contributed by atoms with Gasteiger partial charge < -0.3 is 10.6 Å². The van der Waals surface area contributed by atoms with E-state index < -0.39 is 0 Å². The molecule has 7 heteroatoms. The SMILES string of the molecule is Cc1cnn(-c2ccc(C(=O)NC3CCN(CC(=O)Nc4ccccc4)CC3)cc2)c1. The highest BCUT2D eigenvalue weighted by Gasteiger charge is 2.22. The molecule has 0 atom stereocenters. The van der Waals surface area contributed by atoms with Crippen molar-refractivity contribution in [3.8, 4) is 5.69 Å². The molecule has 4 rings (SSSR count). The zero-order valence-corrected chi connectivity index (χ0v) is 17.6. The molecule has 0 saturated carbocycles. The Kier molecular flexibility index (Phi) is 6.43. The lowest BCUT2D eigenvalue weighted by Gasteiger charge is -2.31. The van der Waals surface area contributed by atoms with Gasteiger partial charge in [-0.3, -0.25) is 14.5 Å². The van der Waals surface area contributed by atoms with E-state index in [1.165, 1.54) is 0 Å². The number of hydrogen-bond donors (Lipinski definition) is 2. The summed E-state index contributed by atoms with van der Waals surface area (Å²) in [4.78, 5) is 27.0. The van der Waals surface area contributed by atoms with Crippen LogP contribution in [0, 0.1) is 6.92 Å². The molecule has 1 aliphatic heterocycles. The molecule has 2 aromatic carbocycles. The molecule has 3 aromatic rings. The highest BCUT2D eigenvalue weighted by molar-refractivity contribution is 5.94. The Morgan fingerprint density at radius 1 is 1.03 bits per heavy atom. The lowest BCUT2D eigenvalue weighted by atomic mass is 10.0. The van der Waals surface area contributed by atoms with Crippen molar-refractivity contribution >= 4 is 17.5 Å². The molecule has 0 radical (unpaired) electrons. The van der Waals surface area contributed by atoms with Crippen LogP contribution in [0.2, 0.25) is 0 Å². The van der Waals surface area contributed by atoms with Crippen molar-refractivity contribution < 1.29 is 9.59 Å². The molecule has 1 aromatic heterocycles. The van der Waals surface area contributed by atoms with Crippen molar-refractivity contribution in [1.82, 2.24) is 20.0 Å². The quantitative estimate of drug-likeness (QED) is 0.646. The van der Waals surface area contributed by atoms with Crippen LogP contribution >= 0.6 is 0 Å². The molecular formula is C24H27N5O2. The Bertz CT molecular complexity index is 1020. The standard InChI is InChI=1S/C24H27N5O2/c1-18-15-25-29(16-18)22-9-7-19(8-10-22)24(31)27-21-11-13-28(14-12-21)17-23(30)26-20-5-3-2-4-6-20/h2-10,15-16,21H,11-14,17H2,1H3,(H,26,30)(H,27,31). The Morgan fingerprint density at radius 2 is 1.74 bits per heavy atom. The van der Waals surface area contributed by atoms with Crippen LogP contribution in [0.5, 0.6) is 0 Å². The number of nitrogens with one attached hydrogen (secondary N) is 2. The summed E-state index contributed by atoms with van der Waals surface area (Å²) in [5.41, 5.74) is 3.46. The number of piperidine rings is 1. The molecule has 2 N–H and O–H groups in total. The number of nitrogens with zero attached hydrogens (tertiary/aromatic N) is 3. The summed E-state index contributed by atoms with van der Waals surface area (Å²) in [6.45, 7) is 3.92. The van der Waals surface area contributed by atoms with Gasteiger partial charge in [-0.25, -0.2) is 4.68 Å². The number of aromatic nitrogens is 2. The van der Waals surface area contributed by atoms with Gasteiger partial charge in [-0.2, -0.15) is 5.10 Å². The monoisotopic (exact) mass is 417 g/mol. The maximum absolute atomic E-state index is 12.6. The first-order valence-corrected chi connectivity index (χ1v) is 10.6. The third kappa shape index (κ3) is 5.58. The first-order valence-electron chi connectivity index (χ1n) is 10.6. The third-order valence-corrected chi connectivity index (χ3v) is 5.45. The summed E-state index contributed by atoms with van der Waals surface area (Å²) in [6, 6.07) is 17.0. The first kappa shape index (κ1) is 20.8. The molecule has 160 valence electrons. The zero-order valence-electron chi connectivity index (χ0n) is 17.6. The van der Waals surface area contributed by atoms with Gasteiger partial charge in [0.25, 0.3) is 5.91 Å². The first-order chi connectivity index (χ1) is 15.1. The number of aryl methyl sites for hydroxylation is 1.